The van der Waals surface area contributed by atoms with Gasteiger partial charge in [0, 0.05) is 13.2 Å². The minimum Gasteiger partial charge on any atom is -0.378 e. The number of hydrogen-bond acceptors (Lipinski definition) is 2. The van der Waals surface area contributed by atoms with Gasteiger partial charge in [0.15, 0.2) is 0 Å². The molecule has 0 spiro atoms. The maximum atomic E-state index is 5.76. The van der Waals surface area contributed by atoms with Gasteiger partial charge in [-0.2, -0.15) is 0 Å². The van der Waals surface area contributed by atoms with E-state index in [4.69, 9.17) is 4.74 Å². The monoisotopic (exact) mass is 199 g/mol. The van der Waals surface area contributed by atoms with Gasteiger partial charge in [-0.1, -0.05) is 32.6 Å². The van der Waals surface area contributed by atoms with Crippen LogP contribution in [-0.4, -0.2) is 26.3 Å². The van der Waals surface area contributed by atoms with E-state index in [0.29, 0.717) is 6.10 Å². The Hall–Kier alpha value is -0.0800. The molecule has 0 aromatic carbocycles. The molecule has 0 aliphatic carbocycles. The first-order valence-corrected chi connectivity index (χ1v) is 6.14. The Morgan fingerprint density at radius 2 is 2.14 bits per heavy atom. The molecule has 0 bridgehead atoms. The molecule has 2 atom stereocenters. The molecule has 0 radical (unpaired) electrons. The molecule has 1 N–H and O–H groups in total. The van der Waals surface area contributed by atoms with Gasteiger partial charge in [-0.15, -0.1) is 0 Å². The van der Waals surface area contributed by atoms with Crippen molar-refractivity contribution in [1.29, 1.82) is 0 Å². The van der Waals surface area contributed by atoms with E-state index < -0.39 is 0 Å². The maximum Gasteiger partial charge on any atom is 0.0616 e. The van der Waals surface area contributed by atoms with Gasteiger partial charge in [0.05, 0.1) is 6.10 Å². The zero-order valence-corrected chi connectivity index (χ0v) is 9.72. The molecule has 1 heterocycles. The van der Waals surface area contributed by atoms with Crippen molar-refractivity contribution in [3.05, 3.63) is 0 Å². The Labute approximate surface area is 88.4 Å². The van der Waals surface area contributed by atoms with Crippen LogP contribution in [0.1, 0.15) is 45.4 Å². The summed E-state index contributed by atoms with van der Waals surface area (Å²) in [5, 5.41) is 3.26. The van der Waals surface area contributed by atoms with E-state index in [-0.39, 0.29) is 0 Å². The van der Waals surface area contributed by atoms with Gasteiger partial charge in [0.25, 0.3) is 0 Å². The zero-order valence-electron chi connectivity index (χ0n) is 9.72. The fourth-order valence-electron chi connectivity index (χ4n) is 2.28. The molecule has 0 amide bonds. The van der Waals surface area contributed by atoms with E-state index in [0.717, 1.165) is 19.1 Å². The molecule has 1 aliphatic rings. The van der Waals surface area contributed by atoms with Crippen LogP contribution < -0.4 is 5.32 Å². The third-order valence-electron chi connectivity index (χ3n) is 3.15. The second kappa shape index (κ2) is 7.24. The highest BCUT2D eigenvalue weighted by Gasteiger charge is 2.26. The molecule has 0 aromatic rings. The lowest BCUT2D eigenvalue weighted by molar-refractivity contribution is 0.0813. The van der Waals surface area contributed by atoms with Gasteiger partial charge in [-0.3, -0.25) is 0 Å². The highest BCUT2D eigenvalue weighted by Crippen LogP contribution is 2.24. The number of unbranched alkanes of at least 4 members (excludes halogenated alkanes) is 3. The van der Waals surface area contributed by atoms with Gasteiger partial charge in [-0.25, -0.2) is 0 Å². The SMILES string of the molecule is CCCCCCC1OCCC1CNC. The number of hydrogen-bond donors (Lipinski definition) is 1. The van der Waals surface area contributed by atoms with E-state index in [1.54, 1.807) is 0 Å². The molecular formula is C12H25NO. The third-order valence-corrected chi connectivity index (χ3v) is 3.15. The first kappa shape index (κ1) is 12.0. The molecule has 84 valence electrons. The predicted molar refractivity (Wildman–Crippen MR) is 60.5 cm³/mol. The molecule has 2 heteroatoms. The average Bonchev–Trinajstić information content (AvgIpc) is 2.61. The van der Waals surface area contributed by atoms with Crippen LogP contribution in [0.2, 0.25) is 0 Å². The van der Waals surface area contributed by atoms with Crippen LogP contribution in [0.5, 0.6) is 0 Å². The van der Waals surface area contributed by atoms with Crippen LogP contribution >= 0.6 is 0 Å². The Kier molecular flexibility index (Phi) is 6.20. The topological polar surface area (TPSA) is 21.3 Å². The summed E-state index contributed by atoms with van der Waals surface area (Å²) in [6.45, 7) is 4.36. The fraction of sp³-hybridized carbons (Fsp3) is 1.00. The Bertz CT molecular complexity index is 138. The predicted octanol–water partition coefficient (Wildman–Crippen LogP) is 2.58. The van der Waals surface area contributed by atoms with Crippen LogP contribution in [0.4, 0.5) is 0 Å². The molecule has 1 saturated heterocycles. The Morgan fingerprint density at radius 3 is 2.86 bits per heavy atom. The minimum atomic E-state index is 0.541. The molecule has 1 aliphatic heterocycles. The van der Waals surface area contributed by atoms with Crippen LogP contribution in [-0.2, 0) is 4.74 Å². The quantitative estimate of drug-likeness (QED) is 0.636. The average molecular weight is 199 g/mol. The van der Waals surface area contributed by atoms with Crippen molar-refractivity contribution >= 4 is 0 Å². The summed E-state index contributed by atoms with van der Waals surface area (Å²) in [4.78, 5) is 0. The van der Waals surface area contributed by atoms with Gasteiger partial charge in [0.2, 0.25) is 0 Å². The molecule has 0 saturated carbocycles. The summed E-state index contributed by atoms with van der Waals surface area (Å²) < 4.78 is 5.76. The highest BCUT2D eigenvalue weighted by atomic mass is 16.5. The van der Waals surface area contributed by atoms with Gasteiger partial charge in [0.1, 0.15) is 0 Å². The molecule has 14 heavy (non-hydrogen) atoms. The second-order valence-electron chi connectivity index (χ2n) is 4.37. The normalized spacial score (nSPS) is 27.0. The summed E-state index contributed by atoms with van der Waals surface area (Å²) >= 11 is 0. The summed E-state index contributed by atoms with van der Waals surface area (Å²) in [6.07, 6.45) is 8.49. The number of ether oxygens (including phenoxy) is 1. The number of nitrogens with one attached hydrogen (secondary N) is 1. The summed E-state index contributed by atoms with van der Waals surface area (Å²) in [7, 11) is 2.03. The Balaban J connectivity index is 2.09. The van der Waals surface area contributed by atoms with Crippen molar-refractivity contribution in [2.75, 3.05) is 20.2 Å². The van der Waals surface area contributed by atoms with Crippen molar-refractivity contribution in [3.63, 3.8) is 0 Å². The molecule has 2 unspecified atom stereocenters. The van der Waals surface area contributed by atoms with E-state index in [9.17, 15) is 0 Å². The van der Waals surface area contributed by atoms with Gasteiger partial charge in [-0.05, 0) is 25.8 Å². The lowest BCUT2D eigenvalue weighted by Gasteiger charge is -2.17. The first-order chi connectivity index (χ1) is 6.88. The first-order valence-electron chi connectivity index (χ1n) is 6.14. The summed E-state index contributed by atoms with van der Waals surface area (Å²) in [5.74, 6) is 0.765. The van der Waals surface area contributed by atoms with Crippen molar-refractivity contribution < 1.29 is 4.74 Å². The van der Waals surface area contributed by atoms with Crippen molar-refractivity contribution in [2.24, 2.45) is 5.92 Å². The number of rotatable bonds is 7. The van der Waals surface area contributed by atoms with Crippen molar-refractivity contribution in [2.45, 2.75) is 51.6 Å². The summed E-state index contributed by atoms with van der Waals surface area (Å²) in [5.41, 5.74) is 0. The molecule has 2 nitrogen and oxygen atoms in total. The summed E-state index contributed by atoms with van der Waals surface area (Å²) in [6, 6.07) is 0. The molecule has 0 aromatic heterocycles. The van der Waals surface area contributed by atoms with E-state index >= 15 is 0 Å². The third kappa shape index (κ3) is 3.97. The molecule has 1 fully saturated rings. The largest absolute Gasteiger partial charge is 0.378 e. The Morgan fingerprint density at radius 1 is 1.29 bits per heavy atom. The standard InChI is InChI=1S/C12H25NO/c1-3-4-5-6-7-12-11(10-13-2)8-9-14-12/h11-13H,3-10H2,1-2H3. The zero-order chi connectivity index (χ0) is 10.2. The smallest absolute Gasteiger partial charge is 0.0616 e. The molecule has 1 rings (SSSR count). The fourth-order valence-corrected chi connectivity index (χ4v) is 2.28. The maximum absolute atomic E-state index is 5.76. The van der Waals surface area contributed by atoms with Crippen molar-refractivity contribution in [3.8, 4) is 0 Å². The minimum absolute atomic E-state index is 0.541. The van der Waals surface area contributed by atoms with Gasteiger partial charge < -0.3 is 10.1 Å². The van der Waals surface area contributed by atoms with Crippen molar-refractivity contribution in [1.82, 2.24) is 5.32 Å². The van der Waals surface area contributed by atoms with Crippen LogP contribution in [0, 0.1) is 5.92 Å². The highest BCUT2D eigenvalue weighted by molar-refractivity contribution is 4.77. The second-order valence-corrected chi connectivity index (χ2v) is 4.37. The van der Waals surface area contributed by atoms with E-state index in [1.807, 2.05) is 7.05 Å². The lowest BCUT2D eigenvalue weighted by atomic mass is 9.96. The lowest BCUT2D eigenvalue weighted by Crippen LogP contribution is -2.26. The van der Waals surface area contributed by atoms with Crippen LogP contribution in [0.3, 0.4) is 0 Å². The van der Waals surface area contributed by atoms with Crippen LogP contribution in [0.25, 0.3) is 0 Å². The van der Waals surface area contributed by atoms with Gasteiger partial charge >= 0.3 is 0 Å². The molecular weight excluding hydrogens is 174 g/mol. The van der Waals surface area contributed by atoms with Crippen LogP contribution in [0.15, 0.2) is 0 Å². The van der Waals surface area contributed by atoms with E-state index in [2.05, 4.69) is 12.2 Å². The van der Waals surface area contributed by atoms with E-state index in [1.165, 1.54) is 38.5 Å².